The zero-order chi connectivity index (χ0) is 22.2. The number of benzene rings is 2. The van der Waals surface area contributed by atoms with Gasteiger partial charge < -0.3 is 14.8 Å². The first kappa shape index (κ1) is 20.6. The lowest BCUT2D eigenvalue weighted by molar-refractivity contribution is -0.132. The number of aromatic nitrogens is 4. The Morgan fingerprint density at radius 2 is 1.84 bits per heavy atom. The Balaban J connectivity index is 1.32. The van der Waals surface area contributed by atoms with Gasteiger partial charge in [0.15, 0.2) is 0 Å². The van der Waals surface area contributed by atoms with Crippen LogP contribution < -0.4 is 4.90 Å². The molecule has 1 aliphatic heterocycles. The number of amides is 1. The minimum atomic E-state index is 0.110. The van der Waals surface area contributed by atoms with Gasteiger partial charge >= 0.3 is 0 Å². The normalized spacial score (nSPS) is 14.3. The summed E-state index contributed by atoms with van der Waals surface area (Å²) in [4.78, 5) is 25.2. The van der Waals surface area contributed by atoms with Crippen molar-refractivity contribution >= 4 is 34.2 Å². The number of halogens is 1. The summed E-state index contributed by atoms with van der Waals surface area (Å²) in [5, 5.41) is 5.10. The van der Waals surface area contributed by atoms with Gasteiger partial charge in [0, 0.05) is 48.1 Å². The van der Waals surface area contributed by atoms with Crippen LogP contribution in [0.4, 0.5) is 5.69 Å². The highest BCUT2D eigenvalue weighted by atomic mass is 35.5. The van der Waals surface area contributed by atoms with Crippen molar-refractivity contribution in [2.45, 2.75) is 20.4 Å². The largest absolute Gasteiger partial charge is 0.367 e. The first-order valence-corrected chi connectivity index (χ1v) is 11.1. The van der Waals surface area contributed by atoms with Gasteiger partial charge in [0.05, 0.1) is 16.7 Å². The Labute approximate surface area is 191 Å². The number of nitrogens with zero attached hydrogens (tertiary/aromatic N) is 5. The zero-order valence-electron chi connectivity index (χ0n) is 18.2. The maximum absolute atomic E-state index is 12.8. The van der Waals surface area contributed by atoms with Gasteiger partial charge in [0.1, 0.15) is 12.4 Å². The third-order valence-electron chi connectivity index (χ3n) is 5.96. The van der Waals surface area contributed by atoms with Crippen molar-refractivity contribution < 1.29 is 4.79 Å². The molecule has 32 heavy (non-hydrogen) atoms. The van der Waals surface area contributed by atoms with E-state index in [0.717, 1.165) is 52.6 Å². The monoisotopic (exact) mass is 448 g/mol. The van der Waals surface area contributed by atoms with Gasteiger partial charge in [0.2, 0.25) is 5.91 Å². The SMILES string of the molecule is Cc1cc(C)n(CC(=O)N2CCN(c3ccccc3-c3nc4ccc(Cl)cc4[nH]3)CC2)n1. The highest BCUT2D eigenvalue weighted by molar-refractivity contribution is 6.31. The Bertz CT molecular complexity index is 1280. The van der Waals surface area contributed by atoms with Gasteiger partial charge in [-0.05, 0) is 50.2 Å². The quantitative estimate of drug-likeness (QED) is 0.511. The number of carbonyl (C=O) groups is 1. The molecule has 4 aromatic rings. The second-order valence-electron chi connectivity index (χ2n) is 8.22. The average molecular weight is 449 g/mol. The van der Waals surface area contributed by atoms with Crippen LogP contribution in [0.15, 0.2) is 48.5 Å². The van der Waals surface area contributed by atoms with E-state index in [0.29, 0.717) is 18.1 Å². The average Bonchev–Trinajstić information content (AvgIpc) is 3.35. The van der Waals surface area contributed by atoms with Gasteiger partial charge in [-0.3, -0.25) is 9.48 Å². The van der Waals surface area contributed by atoms with Gasteiger partial charge in [-0.25, -0.2) is 4.98 Å². The number of fused-ring (bicyclic) bond motifs is 1. The number of piperazine rings is 1. The lowest BCUT2D eigenvalue weighted by Gasteiger charge is -2.37. The van der Waals surface area contributed by atoms with Crippen molar-refractivity contribution in [1.82, 2.24) is 24.6 Å². The number of hydrogen-bond donors (Lipinski definition) is 1. The van der Waals surface area contributed by atoms with E-state index < -0.39 is 0 Å². The first-order valence-electron chi connectivity index (χ1n) is 10.8. The van der Waals surface area contributed by atoms with Crippen LogP contribution in [0.2, 0.25) is 5.02 Å². The fourth-order valence-corrected chi connectivity index (χ4v) is 4.49. The van der Waals surface area contributed by atoms with E-state index in [9.17, 15) is 4.79 Å². The number of aromatic amines is 1. The van der Waals surface area contributed by atoms with E-state index in [1.54, 1.807) is 4.68 Å². The van der Waals surface area contributed by atoms with E-state index >= 15 is 0 Å². The number of anilines is 1. The van der Waals surface area contributed by atoms with Crippen molar-refractivity contribution in [1.29, 1.82) is 0 Å². The summed E-state index contributed by atoms with van der Waals surface area (Å²) in [6.07, 6.45) is 0. The zero-order valence-corrected chi connectivity index (χ0v) is 18.9. The van der Waals surface area contributed by atoms with Crippen LogP contribution in [0.25, 0.3) is 22.4 Å². The molecule has 1 amide bonds. The number of imidazole rings is 1. The molecule has 0 saturated carbocycles. The van der Waals surface area contributed by atoms with Gasteiger partial charge in [-0.1, -0.05) is 23.7 Å². The number of rotatable bonds is 4. The molecular weight excluding hydrogens is 424 g/mol. The van der Waals surface area contributed by atoms with Crippen molar-refractivity contribution in [2.75, 3.05) is 31.1 Å². The van der Waals surface area contributed by atoms with Crippen LogP contribution in [0.1, 0.15) is 11.4 Å². The Morgan fingerprint density at radius 1 is 1.06 bits per heavy atom. The summed E-state index contributed by atoms with van der Waals surface area (Å²) in [5.74, 6) is 0.930. The predicted octanol–water partition coefficient (Wildman–Crippen LogP) is 4.05. The molecule has 8 heteroatoms. The van der Waals surface area contributed by atoms with Crippen LogP contribution in [0, 0.1) is 13.8 Å². The summed E-state index contributed by atoms with van der Waals surface area (Å²) in [6, 6.07) is 15.9. The molecule has 7 nitrogen and oxygen atoms in total. The molecule has 1 N–H and O–H groups in total. The Kier molecular flexibility index (Phi) is 5.35. The Hall–Kier alpha value is -3.32. The fourth-order valence-electron chi connectivity index (χ4n) is 4.32. The smallest absolute Gasteiger partial charge is 0.244 e. The first-order chi connectivity index (χ1) is 15.5. The van der Waals surface area contributed by atoms with Crippen molar-refractivity contribution in [2.24, 2.45) is 0 Å². The van der Waals surface area contributed by atoms with Crippen LogP contribution >= 0.6 is 11.6 Å². The minimum Gasteiger partial charge on any atom is -0.367 e. The molecule has 0 spiro atoms. The van der Waals surface area contributed by atoms with E-state index in [4.69, 9.17) is 16.6 Å². The number of aryl methyl sites for hydroxylation is 2. The third kappa shape index (κ3) is 3.96. The van der Waals surface area contributed by atoms with E-state index in [1.165, 1.54) is 0 Å². The fraction of sp³-hybridized carbons (Fsp3) is 0.292. The topological polar surface area (TPSA) is 70.1 Å². The van der Waals surface area contributed by atoms with Gasteiger partial charge in [-0.2, -0.15) is 5.10 Å². The molecule has 2 aromatic carbocycles. The lowest BCUT2D eigenvalue weighted by atomic mass is 10.1. The van der Waals surface area contributed by atoms with Crippen molar-refractivity contribution in [3.8, 4) is 11.4 Å². The highest BCUT2D eigenvalue weighted by Gasteiger charge is 2.24. The number of hydrogen-bond acceptors (Lipinski definition) is 4. The lowest BCUT2D eigenvalue weighted by Crippen LogP contribution is -2.49. The highest BCUT2D eigenvalue weighted by Crippen LogP contribution is 2.31. The summed E-state index contributed by atoms with van der Waals surface area (Å²) in [5.41, 5.74) is 5.91. The Morgan fingerprint density at radius 3 is 2.59 bits per heavy atom. The summed E-state index contributed by atoms with van der Waals surface area (Å²) in [6.45, 7) is 7.12. The number of carbonyl (C=O) groups excluding carboxylic acids is 1. The van der Waals surface area contributed by atoms with E-state index in [2.05, 4.69) is 27.1 Å². The number of nitrogens with one attached hydrogen (secondary N) is 1. The molecular formula is C24H25ClN6O. The van der Waals surface area contributed by atoms with Crippen LogP contribution in [-0.2, 0) is 11.3 Å². The van der Waals surface area contributed by atoms with Gasteiger partial charge in [-0.15, -0.1) is 0 Å². The van der Waals surface area contributed by atoms with E-state index in [1.807, 2.05) is 55.1 Å². The van der Waals surface area contributed by atoms with Crippen LogP contribution in [0.3, 0.4) is 0 Å². The standard InChI is InChI=1S/C24H25ClN6O/c1-16-13-17(2)31(28-16)15-23(32)30-11-9-29(10-12-30)22-6-4-3-5-19(22)24-26-20-8-7-18(25)14-21(20)27-24/h3-8,13-14H,9-12,15H2,1-2H3,(H,26,27). The van der Waals surface area contributed by atoms with Crippen molar-refractivity contribution in [3.05, 3.63) is 64.9 Å². The molecule has 1 fully saturated rings. The molecule has 1 saturated heterocycles. The molecule has 3 heterocycles. The second-order valence-corrected chi connectivity index (χ2v) is 8.65. The van der Waals surface area contributed by atoms with Crippen LogP contribution in [0.5, 0.6) is 0 Å². The maximum atomic E-state index is 12.8. The second kappa shape index (κ2) is 8.31. The molecule has 1 aliphatic rings. The molecule has 2 aromatic heterocycles. The number of para-hydroxylation sites is 1. The summed E-state index contributed by atoms with van der Waals surface area (Å²) in [7, 11) is 0. The summed E-state index contributed by atoms with van der Waals surface area (Å²) >= 11 is 6.13. The molecule has 164 valence electrons. The van der Waals surface area contributed by atoms with Crippen molar-refractivity contribution in [3.63, 3.8) is 0 Å². The molecule has 0 unspecified atom stereocenters. The number of H-pyrrole nitrogens is 1. The maximum Gasteiger partial charge on any atom is 0.244 e. The molecule has 0 bridgehead atoms. The molecule has 0 atom stereocenters. The predicted molar refractivity (Wildman–Crippen MR) is 127 cm³/mol. The van der Waals surface area contributed by atoms with E-state index in [-0.39, 0.29) is 12.5 Å². The molecule has 5 rings (SSSR count). The molecule has 0 radical (unpaired) electrons. The molecule has 0 aliphatic carbocycles. The minimum absolute atomic E-state index is 0.110. The van der Waals surface area contributed by atoms with Gasteiger partial charge in [0.25, 0.3) is 0 Å². The third-order valence-corrected chi connectivity index (χ3v) is 6.20. The summed E-state index contributed by atoms with van der Waals surface area (Å²) < 4.78 is 1.78. The van der Waals surface area contributed by atoms with Crippen LogP contribution in [-0.4, -0.2) is 56.7 Å².